The van der Waals surface area contributed by atoms with Crippen LogP contribution in [0, 0.1) is 0 Å². The highest BCUT2D eigenvalue weighted by Crippen LogP contribution is 2.25. The number of aliphatic hydroxyl groups excluding tert-OH is 1. The maximum absolute atomic E-state index is 11.8. The van der Waals surface area contributed by atoms with Crippen LogP contribution in [0.3, 0.4) is 0 Å². The van der Waals surface area contributed by atoms with Gasteiger partial charge in [-0.2, -0.15) is 0 Å². The third kappa shape index (κ3) is 6.91. The van der Waals surface area contributed by atoms with Crippen molar-refractivity contribution in [1.82, 2.24) is 0 Å². The second-order valence-corrected chi connectivity index (χ2v) is 6.29. The molecule has 0 bridgehead atoms. The van der Waals surface area contributed by atoms with Crippen LogP contribution in [-0.4, -0.2) is 24.3 Å². The van der Waals surface area contributed by atoms with Crippen molar-refractivity contribution in [3.05, 3.63) is 77.4 Å². The summed E-state index contributed by atoms with van der Waals surface area (Å²) in [5, 5.41) is 8.96. The number of esters is 1. The Hall–Kier alpha value is -2.59. The summed E-state index contributed by atoms with van der Waals surface area (Å²) in [5.41, 5.74) is 3.25. The smallest absolute Gasteiger partial charge is 0.306 e. The van der Waals surface area contributed by atoms with E-state index in [4.69, 9.17) is 14.6 Å². The quantitative estimate of drug-likeness (QED) is 0.498. The lowest BCUT2D eigenvalue weighted by Crippen LogP contribution is -2.09. The zero-order chi connectivity index (χ0) is 19.5. The van der Waals surface area contributed by atoms with Crippen molar-refractivity contribution in [3.63, 3.8) is 0 Å². The average molecular weight is 368 g/mol. The van der Waals surface area contributed by atoms with Gasteiger partial charge in [0.25, 0.3) is 0 Å². The first kappa shape index (κ1) is 20.7. The minimum atomic E-state index is -0.189. The van der Waals surface area contributed by atoms with Crippen LogP contribution in [-0.2, 0) is 22.6 Å². The highest BCUT2D eigenvalue weighted by atomic mass is 16.5. The number of ether oxygens (including phenoxy) is 2. The van der Waals surface area contributed by atoms with Gasteiger partial charge < -0.3 is 14.6 Å². The summed E-state index contributed by atoms with van der Waals surface area (Å²) in [7, 11) is 0. The van der Waals surface area contributed by atoms with E-state index in [2.05, 4.69) is 0 Å². The molecule has 2 aromatic rings. The van der Waals surface area contributed by atoms with Gasteiger partial charge in [-0.05, 0) is 49.1 Å². The number of hydrogen-bond donors (Lipinski definition) is 1. The Labute approximate surface area is 161 Å². The largest absolute Gasteiger partial charge is 0.489 e. The van der Waals surface area contributed by atoms with Gasteiger partial charge in [-0.1, -0.05) is 48.6 Å². The van der Waals surface area contributed by atoms with Gasteiger partial charge in [0.2, 0.25) is 0 Å². The first-order valence-electron chi connectivity index (χ1n) is 9.36. The second-order valence-electron chi connectivity index (χ2n) is 6.29. The van der Waals surface area contributed by atoms with E-state index in [0.717, 1.165) is 22.4 Å². The lowest BCUT2D eigenvalue weighted by molar-refractivity contribution is -0.143. The van der Waals surface area contributed by atoms with E-state index in [0.29, 0.717) is 26.1 Å². The topological polar surface area (TPSA) is 55.8 Å². The van der Waals surface area contributed by atoms with Crippen molar-refractivity contribution < 1.29 is 19.4 Å². The predicted molar refractivity (Wildman–Crippen MR) is 107 cm³/mol. The second kappa shape index (κ2) is 11.2. The van der Waals surface area contributed by atoms with Gasteiger partial charge in [-0.25, -0.2) is 0 Å². The van der Waals surface area contributed by atoms with Crippen molar-refractivity contribution in [2.45, 2.75) is 39.2 Å². The molecule has 1 atom stereocenters. The molecule has 0 heterocycles. The number of rotatable bonds is 10. The third-order valence-corrected chi connectivity index (χ3v) is 4.25. The molecule has 0 saturated carbocycles. The molecule has 0 saturated heterocycles. The normalized spacial score (nSPS) is 12.1. The Morgan fingerprint density at radius 3 is 2.33 bits per heavy atom. The summed E-state index contributed by atoms with van der Waals surface area (Å²) < 4.78 is 10.9. The molecule has 2 rings (SSSR count). The maximum Gasteiger partial charge on any atom is 0.306 e. The fourth-order valence-electron chi connectivity index (χ4n) is 2.84. The van der Waals surface area contributed by atoms with E-state index in [1.807, 2.05) is 74.5 Å². The van der Waals surface area contributed by atoms with Crippen molar-refractivity contribution in [1.29, 1.82) is 0 Å². The molecular formula is C23H28O4. The Bertz CT molecular complexity index is 717. The lowest BCUT2D eigenvalue weighted by Gasteiger charge is -2.14. The van der Waals surface area contributed by atoms with Gasteiger partial charge >= 0.3 is 5.97 Å². The molecule has 1 N–H and O–H groups in total. The first-order valence-corrected chi connectivity index (χ1v) is 9.36. The Morgan fingerprint density at radius 1 is 1.07 bits per heavy atom. The van der Waals surface area contributed by atoms with Crippen LogP contribution in [0.1, 0.15) is 42.9 Å². The lowest BCUT2D eigenvalue weighted by atomic mass is 9.95. The zero-order valence-electron chi connectivity index (χ0n) is 16.1. The molecular weight excluding hydrogens is 340 g/mol. The monoisotopic (exact) mass is 368 g/mol. The molecule has 0 aliphatic heterocycles. The maximum atomic E-state index is 11.8. The van der Waals surface area contributed by atoms with Crippen molar-refractivity contribution in [2.24, 2.45) is 0 Å². The molecule has 2 aromatic carbocycles. The molecule has 0 fully saturated rings. The van der Waals surface area contributed by atoms with E-state index in [-0.39, 0.29) is 18.5 Å². The molecule has 0 radical (unpaired) electrons. The van der Waals surface area contributed by atoms with Gasteiger partial charge in [0.05, 0.1) is 13.0 Å². The zero-order valence-corrected chi connectivity index (χ0v) is 16.1. The number of allylic oxidation sites excluding steroid dienone is 2. The van der Waals surface area contributed by atoms with Gasteiger partial charge in [0, 0.05) is 12.5 Å². The molecule has 0 aliphatic rings. The van der Waals surface area contributed by atoms with Crippen molar-refractivity contribution in [2.75, 3.05) is 13.2 Å². The molecule has 144 valence electrons. The van der Waals surface area contributed by atoms with Gasteiger partial charge in [0.1, 0.15) is 12.4 Å². The van der Waals surface area contributed by atoms with Crippen molar-refractivity contribution in [3.8, 4) is 5.75 Å². The first-order chi connectivity index (χ1) is 13.2. The number of carbonyl (C=O) groups excluding carboxylic acids is 1. The molecule has 0 aromatic heterocycles. The summed E-state index contributed by atoms with van der Waals surface area (Å²) in [4.78, 5) is 11.8. The SMILES string of the molecule is CC=C[C@H](CC(=O)OCC)c1ccc(OCc2ccc(CCO)cc2)cc1. The molecule has 4 nitrogen and oxygen atoms in total. The molecule has 27 heavy (non-hydrogen) atoms. The molecule has 4 heteroatoms. The average Bonchev–Trinajstić information content (AvgIpc) is 2.68. The summed E-state index contributed by atoms with van der Waals surface area (Å²) in [6.07, 6.45) is 4.97. The number of carbonyl (C=O) groups is 1. The fourth-order valence-corrected chi connectivity index (χ4v) is 2.84. The molecule has 0 amide bonds. The Kier molecular flexibility index (Phi) is 8.59. The van der Waals surface area contributed by atoms with Crippen molar-refractivity contribution >= 4 is 5.97 Å². The standard InChI is InChI=1S/C23H28O4/c1-3-5-21(16-23(25)26-4-2)20-10-12-22(13-11-20)27-17-19-8-6-18(7-9-19)14-15-24/h3,5-13,21,24H,4,14-17H2,1-2H3/t21-/m1/s1. The van der Waals surface area contributed by atoms with E-state index in [1.54, 1.807) is 0 Å². The Balaban J connectivity index is 1.95. The summed E-state index contributed by atoms with van der Waals surface area (Å²) in [6, 6.07) is 15.9. The molecule has 0 unspecified atom stereocenters. The fraction of sp³-hybridized carbons (Fsp3) is 0.348. The van der Waals surface area contributed by atoms with Gasteiger partial charge in [-0.15, -0.1) is 0 Å². The van der Waals surface area contributed by atoms with E-state index in [1.165, 1.54) is 0 Å². The predicted octanol–water partition coefficient (Wildman–Crippen LogP) is 4.41. The highest BCUT2D eigenvalue weighted by Gasteiger charge is 2.14. The van der Waals surface area contributed by atoms with Gasteiger partial charge in [0.15, 0.2) is 0 Å². The minimum absolute atomic E-state index is 0.00201. The van der Waals surface area contributed by atoms with E-state index in [9.17, 15) is 4.79 Å². The highest BCUT2D eigenvalue weighted by molar-refractivity contribution is 5.71. The molecule has 0 spiro atoms. The summed E-state index contributed by atoms with van der Waals surface area (Å²) in [6.45, 7) is 4.80. The van der Waals surface area contributed by atoms with Gasteiger partial charge in [-0.3, -0.25) is 4.79 Å². The number of aliphatic hydroxyl groups is 1. The van der Waals surface area contributed by atoms with E-state index < -0.39 is 0 Å². The Morgan fingerprint density at radius 2 is 1.74 bits per heavy atom. The van der Waals surface area contributed by atoms with Crippen LogP contribution in [0.2, 0.25) is 0 Å². The van der Waals surface area contributed by atoms with Crippen LogP contribution in [0.25, 0.3) is 0 Å². The van der Waals surface area contributed by atoms with Crippen LogP contribution in [0.5, 0.6) is 5.75 Å². The summed E-state index contributed by atoms with van der Waals surface area (Å²) >= 11 is 0. The van der Waals surface area contributed by atoms with E-state index >= 15 is 0 Å². The van der Waals surface area contributed by atoms with Crippen LogP contribution < -0.4 is 4.74 Å². The summed E-state index contributed by atoms with van der Waals surface area (Å²) in [5.74, 6) is 0.598. The number of hydrogen-bond acceptors (Lipinski definition) is 4. The number of benzene rings is 2. The minimum Gasteiger partial charge on any atom is -0.489 e. The van der Waals surface area contributed by atoms with Crippen LogP contribution in [0.4, 0.5) is 0 Å². The van der Waals surface area contributed by atoms with Crippen LogP contribution >= 0.6 is 0 Å². The third-order valence-electron chi connectivity index (χ3n) is 4.25. The van der Waals surface area contributed by atoms with Crippen LogP contribution in [0.15, 0.2) is 60.7 Å². The molecule has 0 aliphatic carbocycles.